The monoisotopic (exact) mass is 536 g/mol. The topological polar surface area (TPSA) is 130 Å². The summed E-state index contributed by atoms with van der Waals surface area (Å²) < 4.78 is 8.04. The third kappa shape index (κ3) is 5.82. The number of hydrogen-bond donors (Lipinski definition) is 3. The van der Waals surface area contributed by atoms with Crippen molar-refractivity contribution >= 4 is 51.2 Å². The molecular weight excluding hydrogens is 516 g/mol. The van der Waals surface area contributed by atoms with E-state index in [1.165, 1.54) is 6.21 Å². The van der Waals surface area contributed by atoms with Crippen LogP contribution in [0.15, 0.2) is 68.7 Å². The van der Waals surface area contributed by atoms with E-state index in [0.29, 0.717) is 34.2 Å². The molecule has 4 aromatic rings. The van der Waals surface area contributed by atoms with Crippen molar-refractivity contribution in [3.05, 3.63) is 87.7 Å². The minimum Gasteiger partial charge on any atom is -0.458 e. The van der Waals surface area contributed by atoms with E-state index in [0.717, 1.165) is 10.0 Å². The number of anilines is 1. The van der Waals surface area contributed by atoms with Crippen molar-refractivity contribution in [3.63, 3.8) is 0 Å². The number of halogens is 1. The summed E-state index contributed by atoms with van der Waals surface area (Å²) in [5.74, 6) is -1.23. The van der Waals surface area contributed by atoms with Crippen LogP contribution in [0.1, 0.15) is 33.3 Å². The van der Waals surface area contributed by atoms with Crippen LogP contribution in [0.4, 0.5) is 5.69 Å². The van der Waals surface area contributed by atoms with Crippen molar-refractivity contribution in [2.24, 2.45) is 5.10 Å². The maximum atomic E-state index is 12.6. The van der Waals surface area contributed by atoms with E-state index in [9.17, 15) is 14.4 Å². The molecule has 4 rings (SSSR count). The van der Waals surface area contributed by atoms with Crippen molar-refractivity contribution in [1.29, 1.82) is 0 Å². The zero-order chi connectivity index (χ0) is 24.9. The van der Waals surface area contributed by atoms with Gasteiger partial charge in [0.2, 0.25) is 0 Å². The number of hydrazone groups is 1. The van der Waals surface area contributed by atoms with Crippen LogP contribution in [-0.4, -0.2) is 33.3 Å². The Morgan fingerprint density at radius 2 is 1.83 bits per heavy atom. The first kappa shape index (κ1) is 23.9. The lowest BCUT2D eigenvalue weighted by Crippen LogP contribution is -2.34. The molecular formula is C24H21BrN6O4. The number of carbonyl (C=O) groups excluding carboxylic acids is 3. The minimum atomic E-state index is -0.792. The Balaban J connectivity index is 1.30. The second kappa shape index (κ2) is 10.3. The molecule has 178 valence electrons. The summed E-state index contributed by atoms with van der Waals surface area (Å²) >= 11 is 3.39. The van der Waals surface area contributed by atoms with Gasteiger partial charge in [0.25, 0.3) is 5.91 Å². The Labute approximate surface area is 208 Å². The van der Waals surface area contributed by atoms with E-state index in [1.807, 2.05) is 25.1 Å². The zero-order valence-corrected chi connectivity index (χ0v) is 20.4. The Hall–Kier alpha value is -4.25. The van der Waals surface area contributed by atoms with Gasteiger partial charge in [-0.05, 0) is 66.2 Å². The van der Waals surface area contributed by atoms with Gasteiger partial charge in [0.15, 0.2) is 0 Å². The molecule has 0 aliphatic carbocycles. The first-order chi connectivity index (χ1) is 16.8. The van der Waals surface area contributed by atoms with Crippen LogP contribution in [-0.2, 0) is 16.1 Å². The normalized spacial score (nSPS) is 11.1. The van der Waals surface area contributed by atoms with Crippen LogP contribution in [0.3, 0.4) is 0 Å². The number of pyridine rings is 1. The molecule has 0 aliphatic rings. The molecule has 0 aliphatic heterocycles. The molecule has 0 fully saturated rings. The predicted molar refractivity (Wildman–Crippen MR) is 133 cm³/mol. The van der Waals surface area contributed by atoms with Crippen LogP contribution in [0.25, 0.3) is 5.65 Å². The van der Waals surface area contributed by atoms with Crippen molar-refractivity contribution in [3.8, 4) is 0 Å². The smallest absolute Gasteiger partial charge is 0.313 e. The average molecular weight is 537 g/mol. The van der Waals surface area contributed by atoms with Gasteiger partial charge in [-0.15, -0.1) is 0 Å². The summed E-state index contributed by atoms with van der Waals surface area (Å²) in [4.78, 5) is 41.1. The molecule has 0 saturated carbocycles. The largest absolute Gasteiger partial charge is 0.458 e. The summed E-state index contributed by atoms with van der Waals surface area (Å²) in [7, 11) is 0. The Bertz CT molecular complexity index is 1440. The second-order valence-corrected chi connectivity index (χ2v) is 8.54. The van der Waals surface area contributed by atoms with Gasteiger partial charge in [0, 0.05) is 16.4 Å². The maximum Gasteiger partial charge on any atom is 0.313 e. The van der Waals surface area contributed by atoms with Gasteiger partial charge in [-0.1, -0.05) is 17.7 Å². The molecule has 10 nitrogen and oxygen atoms in total. The van der Waals surface area contributed by atoms with Crippen LogP contribution < -0.4 is 16.1 Å². The number of nitrogens with zero attached hydrogens (tertiary/aromatic N) is 3. The molecule has 0 unspecified atom stereocenters. The highest BCUT2D eigenvalue weighted by atomic mass is 79.9. The molecule has 11 heteroatoms. The molecule has 0 bridgehead atoms. The number of hydrogen-bond acceptors (Lipinski definition) is 6. The highest BCUT2D eigenvalue weighted by Crippen LogP contribution is 2.16. The standard InChI is InChI=1S/C24H21BrN6O4/c1-14-3-6-17(7-4-14)29-24(34)23(33)26-11-18-8-9-19(35-18)12-27-30-22(32)21-15(2)28-20-10-5-16(25)13-31(20)21/h3-10,12-13H,11H2,1-2H3,(H,26,33)(H,29,34)(H,30,32)/b27-12+. The van der Waals surface area contributed by atoms with Crippen LogP contribution in [0.5, 0.6) is 0 Å². The second-order valence-electron chi connectivity index (χ2n) is 7.63. The zero-order valence-electron chi connectivity index (χ0n) is 18.8. The van der Waals surface area contributed by atoms with Gasteiger partial charge in [-0.2, -0.15) is 5.10 Å². The van der Waals surface area contributed by atoms with Gasteiger partial charge in [0.1, 0.15) is 22.9 Å². The van der Waals surface area contributed by atoms with Gasteiger partial charge in [-0.3, -0.25) is 18.8 Å². The summed E-state index contributed by atoms with van der Waals surface area (Å²) in [5.41, 5.74) is 5.61. The Morgan fingerprint density at radius 1 is 1.06 bits per heavy atom. The van der Waals surface area contributed by atoms with E-state index in [4.69, 9.17) is 4.42 Å². The lowest BCUT2D eigenvalue weighted by molar-refractivity contribution is -0.136. The molecule has 0 atom stereocenters. The van der Waals surface area contributed by atoms with Crippen molar-refractivity contribution in [2.75, 3.05) is 5.32 Å². The number of carbonyl (C=O) groups is 3. The molecule has 0 radical (unpaired) electrons. The van der Waals surface area contributed by atoms with E-state index in [1.54, 1.807) is 47.9 Å². The number of furan rings is 1. The third-order valence-corrected chi connectivity index (χ3v) is 5.42. The fourth-order valence-electron chi connectivity index (χ4n) is 3.25. The number of fused-ring (bicyclic) bond motifs is 1. The lowest BCUT2D eigenvalue weighted by atomic mass is 10.2. The van der Waals surface area contributed by atoms with Gasteiger partial charge >= 0.3 is 11.8 Å². The fourth-order valence-corrected chi connectivity index (χ4v) is 3.59. The third-order valence-electron chi connectivity index (χ3n) is 4.95. The Morgan fingerprint density at radius 3 is 2.60 bits per heavy atom. The minimum absolute atomic E-state index is 0.0102. The number of imidazole rings is 1. The number of aromatic nitrogens is 2. The summed E-state index contributed by atoms with van der Waals surface area (Å²) in [5, 5.41) is 8.95. The summed E-state index contributed by atoms with van der Waals surface area (Å²) in [6.45, 7) is 3.68. The average Bonchev–Trinajstić information content (AvgIpc) is 3.41. The molecule has 1 aromatic carbocycles. The Kier molecular flexibility index (Phi) is 7.06. The van der Waals surface area contributed by atoms with Gasteiger partial charge in [0.05, 0.1) is 18.5 Å². The molecule has 3 amide bonds. The quantitative estimate of drug-likeness (QED) is 0.197. The molecule has 3 heterocycles. The fraction of sp³-hybridized carbons (Fsp3) is 0.125. The van der Waals surface area contributed by atoms with E-state index < -0.39 is 17.7 Å². The predicted octanol–water partition coefficient (Wildman–Crippen LogP) is 3.33. The van der Waals surface area contributed by atoms with E-state index >= 15 is 0 Å². The maximum absolute atomic E-state index is 12.6. The SMILES string of the molecule is Cc1ccc(NC(=O)C(=O)NCc2ccc(/C=N/NC(=O)c3c(C)nc4ccc(Br)cn34)o2)cc1. The molecule has 3 aromatic heterocycles. The van der Waals surface area contributed by atoms with E-state index in [-0.39, 0.29) is 6.54 Å². The molecule has 3 N–H and O–H groups in total. The van der Waals surface area contributed by atoms with Crippen molar-refractivity contribution < 1.29 is 18.8 Å². The van der Waals surface area contributed by atoms with E-state index in [2.05, 4.69) is 42.1 Å². The number of aryl methyl sites for hydroxylation is 2. The number of benzene rings is 1. The van der Waals surface area contributed by atoms with Crippen LogP contribution in [0, 0.1) is 13.8 Å². The highest BCUT2D eigenvalue weighted by molar-refractivity contribution is 9.10. The van der Waals surface area contributed by atoms with Gasteiger partial charge < -0.3 is 15.1 Å². The van der Waals surface area contributed by atoms with Crippen molar-refractivity contribution in [2.45, 2.75) is 20.4 Å². The molecule has 0 saturated heterocycles. The summed E-state index contributed by atoms with van der Waals surface area (Å²) in [6.07, 6.45) is 3.09. The molecule has 35 heavy (non-hydrogen) atoms. The number of rotatable bonds is 6. The highest BCUT2D eigenvalue weighted by Gasteiger charge is 2.17. The van der Waals surface area contributed by atoms with Crippen LogP contribution in [0.2, 0.25) is 0 Å². The lowest BCUT2D eigenvalue weighted by Gasteiger charge is -2.05. The first-order valence-electron chi connectivity index (χ1n) is 10.5. The van der Waals surface area contributed by atoms with Gasteiger partial charge in [-0.25, -0.2) is 10.4 Å². The van der Waals surface area contributed by atoms with Crippen molar-refractivity contribution in [1.82, 2.24) is 20.1 Å². The first-order valence-corrected chi connectivity index (χ1v) is 11.3. The number of amides is 3. The van der Waals surface area contributed by atoms with Crippen LogP contribution >= 0.6 is 15.9 Å². The number of nitrogens with one attached hydrogen (secondary N) is 3. The summed E-state index contributed by atoms with van der Waals surface area (Å²) in [6, 6.07) is 14.0. The molecule has 0 spiro atoms.